The van der Waals surface area contributed by atoms with Gasteiger partial charge in [-0.15, -0.1) is 0 Å². The third-order valence-corrected chi connectivity index (χ3v) is 2.67. The number of benzene rings is 1. The highest BCUT2D eigenvalue weighted by atomic mass is 32.2. The maximum absolute atomic E-state index is 12.8. The van der Waals surface area contributed by atoms with Crippen LogP contribution in [0, 0.1) is 0 Å². The average molecular weight is 244 g/mol. The summed E-state index contributed by atoms with van der Waals surface area (Å²) in [4.78, 5) is 21.8. The van der Waals surface area contributed by atoms with Crippen molar-refractivity contribution in [3.8, 4) is 5.75 Å². The zero-order chi connectivity index (χ0) is 12.1. The molecule has 0 radical (unpaired) electrons. The van der Waals surface area contributed by atoms with E-state index in [1.807, 2.05) is 0 Å². The Kier molecular flexibility index (Phi) is 4.30. The predicted molar refractivity (Wildman–Crippen MR) is 56.4 cm³/mol. The van der Waals surface area contributed by atoms with E-state index in [9.17, 15) is 14.0 Å². The van der Waals surface area contributed by atoms with Crippen molar-refractivity contribution in [1.82, 2.24) is 0 Å². The molecule has 16 heavy (non-hydrogen) atoms. The van der Waals surface area contributed by atoms with Gasteiger partial charge in [-0.2, -0.15) is 0 Å². The molecule has 0 amide bonds. The van der Waals surface area contributed by atoms with Gasteiger partial charge in [-0.1, -0.05) is 12.1 Å². The maximum Gasteiger partial charge on any atom is 0.347 e. The van der Waals surface area contributed by atoms with Gasteiger partial charge in [-0.25, -0.2) is 9.18 Å². The molecule has 0 aromatic heterocycles. The highest BCUT2D eigenvalue weighted by Crippen LogP contribution is 2.30. The molecule has 1 unspecified atom stereocenters. The third kappa shape index (κ3) is 2.96. The summed E-state index contributed by atoms with van der Waals surface area (Å²) in [5, 5.41) is 7.24. The van der Waals surface area contributed by atoms with Crippen LogP contribution in [0.4, 0.5) is 4.39 Å². The van der Waals surface area contributed by atoms with Gasteiger partial charge in [0.25, 0.3) is 6.17 Å². The van der Waals surface area contributed by atoms with E-state index in [2.05, 4.69) is 0 Å². The molecule has 86 valence electrons. The monoisotopic (exact) mass is 244 g/mol. The fourth-order valence-electron chi connectivity index (χ4n) is 0.964. The number of thioether (sulfide) groups is 1. The van der Waals surface area contributed by atoms with Crippen LogP contribution >= 0.6 is 11.8 Å². The second kappa shape index (κ2) is 5.50. The second-order valence-electron chi connectivity index (χ2n) is 2.77. The van der Waals surface area contributed by atoms with Gasteiger partial charge in [-0.05, 0) is 23.9 Å². The molecule has 1 atom stereocenters. The Labute approximate surface area is 95.4 Å². The lowest BCUT2D eigenvalue weighted by molar-refractivity contribution is -0.145. The Hall–Kier alpha value is -1.56. The van der Waals surface area contributed by atoms with Crippen molar-refractivity contribution in [2.45, 2.75) is 11.1 Å². The molecular formula is C10H9FO4S. The molecule has 1 N–H and O–H groups in total. The lowest BCUT2D eigenvalue weighted by Gasteiger charge is -2.06. The topological polar surface area (TPSA) is 63.6 Å². The lowest BCUT2D eigenvalue weighted by Crippen LogP contribution is -2.22. The summed E-state index contributed by atoms with van der Waals surface area (Å²) in [6, 6.07) is 6.49. The number of carbonyl (C=O) groups is 2. The number of hydrogen-bond donors (Lipinski definition) is 1. The van der Waals surface area contributed by atoms with E-state index in [1.54, 1.807) is 24.3 Å². The number of para-hydroxylation sites is 1. The van der Waals surface area contributed by atoms with E-state index >= 15 is 0 Å². The summed E-state index contributed by atoms with van der Waals surface area (Å²) in [5.74, 6) is -1.38. The molecule has 0 saturated carbocycles. The number of carboxylic acids is 1. The van der Waals surface area contributed by atoms with E-state index in [0.717, 1.165) is 0 Å². The van der Waals surface area contributed by atoms with Gasteiger partial charge in [0.15, 0.2) is 0 Å². The molecule has 0 spiro atoms. The van der Waals surface area contributed by atoms with Gasteiger partial charge in [0.2, 0.25) is 5.12 Å². The van der Waals surface area contributed by atoms with Crippen LogP contribution in [0.1, 0.15) is 0 Å². The van der Waals surface area contributed by atoms with Crippen molar-refractivity contribution in [3.63, 3.8) is 0 Å². The van der Waals surface area contributed by atoms with E-state index < -0.39 is 17.3 Å². The van der Waals surface area contributed by atoms with Crippen LogP contribution in [-0.2, 0) is 9.59 Å². The summed E-state index contributed by atoms with van der Waals surface area (Å²) in [5.41, 5.74) is 0. The number of halogens is 1. The second-order valence-corrected chi connectivity index (χ2v) is 3.82. The number of carboxylic acid groups (broad SMARTS) is 1. The molecule has 0 heterocycles. The Bertz CT molecular complexity index is 408. The Morgan fingerprint density at radius 1 is 1.44 bits per heavy atom. The molecule has 0 aliphatic carbocycles. The van der Waals surface area contributed by atoms with Crippen LogP contribution in [-0.4, -0.2) is 29.5 Å². The van der Waals surface area contributed by atoms with Gasteiger partial charge in [0, 0.05) is 0 Å². The quantitative estimate of drug-likeness (QED) is 0.645. The number of rotatable bonds is 4. The van der Waals surface area contributed by atoms with Crippen LogP contribution < -0.4 is 4.74 Å². The zero-order valence-electron chi connectivity index (χ0n) is 8.34. The Balaban J connectivity index is 2.80. The first-order valence-electron chi connectivity index (χ1n) is 4.28. The smallest absolute Gasteiger partial charge is 0.347 e. The average Bonchev–Trinajstić information content (AvgIpc) is 2.28. The number of ether oxygens (including phenoxy) is 1. The van der Waals surface area contributed by atoms with E-state index in [1.165, 1.54) is 7.11 Å². The summed E-state index contributed by atoms with van der Waals surface area (Å²) >= 11 is 0.511. The molecule has 0 aliphatic heterocycles. The number of aliphatic carboxylic acids is 1. The van der Waals surface area contributed by atoms with Crippen molar-refractivity contribution in [2.75, 3.05) is 7.11 Å². The van der Waals surface area contributed by atoms with Crippen molar-refractivity contribution >= 4 is 22.8 Å². The van der Waals surface area contributed by atoms with Crippen LogP contribution in [0.2, 0.25) is 0 Å². The number of methoxy groups -OCH3 is 1. The highest BCUT2D eigenvalue weighted by molar-refractivity contribution is 8.14. The summed E-state index contributed by atoms with van der Waals surface area (Å²) in [7, 11) is 1.41. The predicted octanol–water partition coefficient (Wildman–Crippen LogP) is 1.74. The molecule has 1 aromatic carbocycles. The molecule has 0 bridgehead atoms. The first-order chi connectivity index (χ1) is 7.56. The standard InChI is InChI=1S/C10H9FO4S/c1-15-6-4-2-3-5-7(6)16-10(14)8(11)9(12)13/h2-5,8H,1H3,(H,12,13). The summed E-state index contributed by atoms with van der Waals surface area (Å²) in [6.07, 6.45) is -2.52. The molecule has 4 nitrogen and oxygen atoms in total. The molecule has 6 heteroatoms. The largest absolute Gasteiger partial charge is 0.496 e. The molecule has 0 saturated heterocycles. The lowest BCUT2D eigenvalue weighted by atomic mass is 10.3. The van der Waals surface area contributed by atoms with Gasteiger partial charge in [0.1, 0.15) is 5.75 Å². The Morgan fingerprint density at radius 2 is 2.06 bits per heavy atom. The fraction of sp³-hybridized carbons (Fsp3) is 0.200. The SMILES string of the molecule is COc1ccccc1SC(=O)C(F)C(=O)O. The maximum atomic E-state index is 12.8. The third-order valence-electron chi connectivity index (χ3n) is 1.70. The fourth-order valence-corrected chi connectivity index (χ4v) is 1.78. The molecule has 1 aromatic rings. The summed E-state index contributed by atoms with van der Waals surface area (Å²) in [6.45, 7) is 0. The van der Waals surface area contributed by atoms with Gasteiger partial charge in [0.05, 0.1) is 12.0 Å². The van der Waals surface area contributed by atoms with Gasteiger partial charge < -0.3 is 9.84 Å². The number of hydrogen-bond acceptors (Lipinski definition) is 4. The minimum absolute atomic E-state index is 0.388. The van der Waals surface area contributed by atoms with E-state index in [-0.39, 0.29) is 0 Å². The first kappa shape index (κ1) is 12.5. The zero-order valence-corrected chi connectivity index (χ0v) is 9.16. The summed E-state index contributed by atoms with van der Waals surface area (Å²) < 4.78 is 17.8. The van der Waals surface area contributed by atoms with Crippen LogP contribution in [0.5, 0.6) is 5.75 Å². The molecular weight excluding hydrogens is 235 g/mol. The first-order valence-corrected chi connectivity index (χ1v) is 5.09. The minimum Gasteiger partial charge on any atom is -0.496 e. The van der Waals surface area contributed by atoms with Crippen molar-refractivity contribution in [3.05, 3.63) is 24.3 Å². The minimum atomic E-state index is -2.52. The highest BCUT2D eigenvalue weighted by Gasteiger charge is 2.26. The van der Waals surface area contributed by atoms with Crippen molar-refractivity contribution in [2.24, 2.45) is 0 Å². The Morgan fingerprint density at radius 3 is 2.62 bits per heavy atom. The van der Waals surface area contributed by atoms with E-state index in [4.69, 9.17) is 9.84 Å². The normalized spacial score (nSPS) is 11.9. The van der Waals surface area contributed by atoms with Crippen molar-refractivity contribution < 1.29 is 23.8 Å². The number of alkyl halides is 1. The van der Waals surface area contributed by atoms with Crippen molar-refractivity contribution in [1.29, 1.82) is 0 Å². The van der Waals surface area contributed by atoms with Crippen LogP contribution in [0.25, 0.3) is 0 Å². The van der Waals surface area contributed by atoms with Gasteiger partial charge in [-0.3, -0.25) is 4.79 Å². The molecule has 0 aliphatic rings. The van der Waals surface area contributed by atoms with Crippen LogP contribution in [0.3, 0.4) is 0 Å². The number of carbonyl (C=O) groups excluding carboxylic acids is 1. The van der Waals surface area contributed by atoms with E-state index in [0.29, 0.717) is 22.4 Å². The van der Waals surface area contributed by atoms with Gasteiger partial charge >= 0.3 is 5.97 Å². The van der Waals surface area contributed by atoms with Crippen LogP contribution in [0.15, 0.2) is 29.2 Å². The molecule has 1 rings (SSSR count). The molecule has 0 fully saturated rings.